The first-order chi connectivity index (χ1) is 24.6. The van der Waals surface area contributed by atoms with Crippen molar-refractivity contribution in [2.24, 2.45) is 0 Å². The van der Waals surface area contributed by atoms with E-state index in [2.05, 4.69) is 70.1 Å². The van der Waals surface area contributed by atoms with Gasteiger partial charge < -0.3 is 24.4 Å². The maximum absolute atomic E-state index is 14.7. The van der Waals surface area contributed by atoms with Gasteiger partial charge in [-0.1, -0.05) is 96.2 Å². The Morgan fingerprint density at radius 1 is 0.827 bits per heavy atom. The number of aromatic nitrogens is 2. The predicted molar refractivity (Wildman–Crippen MR) is 204 cm³/mol. The van der Waals surface area contributed by atoms with E-state index >= 15 is 0 Å². The van der Waals surface area contributed by atoms with Gasteiger partial charge in [0.05, 0.1) is 5.54 Å². The van der Waals surface area contributed by atoms with Gasteiger partial charge in [-0.3, -0.25) is 9.59 Å². The first-order valence-corrected chi connectivity index (χ1v) is 17.6. The molecule has 0 saturated heterocycles. The van der Waals surface area contributed by atoms with E-state index in [0.717, 1.165) is 32.7 Å². The monoisotopic (exact) mass is 703 g/mol. The summed E-state index contributed by atoms with van der Waals surface area (Å²) in [6.07, 6.45) is 3.74. The lowest BCUT2D eigenvalue weighted by molar-refractivity contribution is -0.143. The summed E-state index contributed by atoms with van der Waals surface area (Å²) >= 11 is 0. The van der Waals surface area contributed by atoms with Gasteiger partial charge in [-0.2, -0.15) is 4.98 Å². The molecule has 0 radical (unpaired) electrons. The van der Waals surface area contributed by atoms with E-state index < -0.39 is 29.3 Å². The number of carbonyl (C=O) groups excluding carboxylic acids is 3. The lowest BCUT2D eigenvalue weighted by Gasteiger charge is -2.33. The number of alkyl carbamates (subject to hydrolysis) is 1. The molecule has 5 rings (SSSR count). The van der Waals surface area contributed by atoms with Crippen LogP contribution < -0.4 is 5.32 Å². The van der Waals surface area contributed by atoms with Crippen molar-refractivity contribution in [2.45, 2.75) is 84.0 Å². The standard InChI is InChI=1S/C42H49N5O5/c1-28-43-38(52-45-28)36(27-30-18-21-32-14-10-12-16-34(32)26-30)47(8)39(49)35(22-19-29-17-20-31-13-9-11-15-33(31)25-29)46(7)37(48)23-24-42(5,6)44-40(50)51-41(2,3)4/h9-18,20-21,23-26,35-36H,19,22,27H2,1-8H3,(H,44,50)/b24-23+/t35?,36-/m1/s1. The van der Waals surface area contributed by atoms with E-state index in [-0.39, 0.29) is 11.8 Å². The number of aryl methyl sites for hydroxylation is 2. The number of nitrogens with zero attached hydrogens (tertiary/aromatic N) is 4. The number of carbonyl (C=O) groups is 3. The third-order valence-corrected chi connectivity index (χ3v) is 8.97. The van der Waals surface area contributed by atoms with E-state index in [1.807, 2.05) is 30.3 Å². The quantitative estimate of drug-likeness (QED) is 0.132. The third-order valence-electron chi connectivity index (χ3n) is 8.97. The molecule has 0 bridgehead atoms. The summed E-state index contributed by atoms with van der Waals surface area (Å²) in [5.41, 5.74) is 0.481. The van der Waals surface area contributed by atoms with Crippen molar-refractivity contribution in [1.29, 1.82) is 0 Å². The zero-order valence-electron chi connectivity index (χ0n) is 31.3. The van der Waals surface area contributed by atoms with Gasteiger partial charge in [0.25, 0.3) is 0 Å². The Kier molecular flexibility index (Phi) is 11.5. The van der Waals surface area contributed by atoms with Gasteiger partial charge in [-0.05, 0) is 87.1 Å². The minimum absolute atomic E-state index is 0.266. The molecule has 1 heterocycles. The number of nitrogens with one attached hydrogen (secondary N) is 1. The Labute approximate surface area is 305 Å². The van der Waals surface area contributed by atoms with Crippen molar-refractivity contribution in [3.05, 3.63) is 120 Å². The Hall–Kier alpha value is -5.51. The van der Waals surface area contributed by atoms with E-state index in [0.29, 0.717) is 31.0 Å². The smallest absolute Gasteiger partial charge is 0.408 e. The topological polar surface area (TPSA) is 118 Å². The summed E-state index contributed by atoms with van der Waals surface area (Å²) in [6.45, 7) is 10.6. The van der Waals surface area contributed by atoms with Crippen LogP contribution in [-0.2, 0) is 27.2 Å². The second-order valence-corrected chi connectivity index (χ2v) is 14.9. The average molecular weight is 704 g/mol. The van der Waals surface area contributed by atoms with E-state index in [1.54, 1.807) is 66.6 Å². The van der Waals surface area contributed by atoms with Gasteiger partial charge in [-0.25, -0.2) is 4.79 Å². The Bertz CT molecular complexity index is 2080. The van der Waals surface area contributed by atoms with Gasteiger partial charge in [0.15, 0.2) is 5.82 Å². The lowest BCUT2D eigenvalue weighted by atomic mass is 9.98. The van der Waals surface area contributed by atoms with Crippen molar-refractivity contribution in [3.8, 4) is 0 Å². The minimum atomic E-state index is -0.902. The Morgan fingerprint density at radius 3 is 1.98 bits per heavy atom. The molecule has 0 fully saturated rings. The van der Waals surface area contributed by atoms with Crippen LogP contribution in [0.5, 0.6) is 0 Å². The van der Waals surface area contributed by atoms with Crippen molar-refractivity contribution in [2.75, 3.05) is 14.1 Å². The molecule has 0 spiro atoms. The molecule has 0 aliphatic carbocycles. The van der Waals surface area contributed by atoms with Crippen LogP contribution in [0.15, 0.2) is 102 Å². The first-order valence-electron chi connectivity index (χ1n) is 17.6. The second kappa shape index (κ2) is 15.8. The molecule has 272 valence electrons. The largest absolute Gasteiger partial charge is 0.444 e. The molecule has 10 heteroatoms. The second-order valence-electron chi connectivity index (χ2n) is 14.9. The normalized spacial score (nSPS) is 13.2. The molecule has 3 amide bonds. The summed E-state index contributed by atoms with van der Waals surface area (Å²) in [5.74, 6) is 0.132. The Morgan fingerprint density at radius 2 is 1.40 bits per heavy atom. The van der Waals surface area contributed by atoms with Crippen LogP contribution in [0.2, 0.25) is 0 Å². The molecule has 5 aromatic rings. The molecule has 0 aliphatic rings. The van der Waals surface area contributed by atoms with Crippen LogP contribution in [-0.4, -0.2) is 69.1 Å². The molecule has 1 aromatic heterocycles. The summed E-state index contributed by atoms with van der Waals surface area (Å²) in [5, 5.41) is 11.3. The predicted octanol–water partition coefficient (Wildman–Crippen LogP) is 7.75. The first kappa shape index (κ1) is 37.7. The molecular weight excluding hydrogens is 654 g/mol. The number of ether oxygens (including phenoxy) is 1. The number of hydrogen-bond acceptors (Lipinski definition) is 7. The fourth-order valence-corrected chi connectivity index (χ4v) is 6.16. The number of likely N-dealkylation sites (N-methyl/N-ethyl adjacent to an activating group) is 2. The minimum Gasteiger partial charge on any atom is -0.444 e. The number of rotatable bonds is 12. The van der Waals surface area contributed by atoms with Crippen LogP contribution in [0.3, 0.4) is 0 Å². The molecule has 1 N–H and O–H groups in total. The molecule has 10 nitrogen and oxygen atoms in total. The fourth-order valence-electron chi connectivity index (χ4n) is 6.16. The van der Waals surface area contributed by atoms with Crippen LogP contribution >= 0.6 is 0 Å². The van der Waals surface area contributed by atoms with Gasteiger partial charge in [-0.15, -0.1) is 0 Å². The zero-order valence-corrected chi connectivity index (χ0v) is 31.3. The molecule has 4 aromatic carbocycles. The summed E-state index contributed by atoms with van der Waals surface area (Å²) in [6, 6.07) is 27.3. The van der Waals surface area contributed by atoms with Gasteiger partial charge in [0.2, 0.25) is 17.7 Å². The zero-order chi connectivity index (χ0) is 37.6. The van der Waals surface area contributed by atoms with Crippen LogP contribution in [0.1, 0.15) is 69.9 Å². The summed E-state index contributed by atoms with van der Waals surface area (Å²) in [4.78, 5) is 48.6. The highest BCUT2D eigenvalue weighted by Gasteiger charge is 2.35. The van der Waals surface area contributed by atoms with E-state index in [9.17, 15) is 14.4 Å². The molecule has 52 heavy (non-hydrogen) atoms. The fraction of sp³-hybridized carbons (Fsp3) is 0.357. The number of benzene rings is 4. The lowest BCUT2D eigenvalue weighted by Crippen LogP contribution is -2.49. The number of hydrogen-bond donors (Lipinski definition) is 1. The van der Waals surface area contributed by atoms with E-state index in [1.165, 1.54) is 11.0 Å². The highest BCUT2D eigenvalue weighted by molar-refractivity contribution is 5.93. The molecule has 0 saturated carbocycles. The van der Waals surface area contributed by atoms with Crippen molar-refractivity contribution >= 4 is 39.5 Å². The van der Waals surface area contributed by atoms with Crippen molar-refractivity contribution in [3.63, 3.8) is 0 Å². The van der Waals surface area contributed by atoms with Gasteiger partial charge in [0.1, 0.15) is 17.7 Å². The van der Waals surface area contributed by atoms with Crippen LogP contribution in [0, 0.1) is 6.92 Å². The average Bonchev–Trinajstić information content (AvgIpc) is 3.53. The van der Waals surface area contributed by atoms with Gasteiger partial charge >= 0.3 is 6.09 Å². The molecular formula is C42H49N5O5. The molecule has 0 aliphatic heterocycles. The van der Waals surface area contributed by atoms with Crippen molar-refractivity contribution in [1.82, 2.24) is 25.3 Å². The Balaban J connectivity index is 1.42. The number of amides is 3. The van der Waals surface area contributed by atoms with Crippen LogP contribution in [0.25, 0.3) is 21.5 Å². The molecule has 1 unspecified atom stereocenters. The van der Waals surface area contributed by atoms with Crippen LogP contribution in [0.4, 0.5) is 4.79 Å². The summed E-state index contributed by atoms with van der Waals surface area (Å²) < 4.78 is 11.1. The van der Waals surface area contributed by atoms with E-state index in [4.69, 9.17) is 9.26 Å². The highest BCUT2D eigenvalue weighted by atomic mass is 16.6. The summed E-state index contributed by atoms with van der Waals surface area (Å²) in [7, 11) is 3.35. The third kappa shape index (κ3) is 9.84. The highest BCUT2D eigenvalue weighted by Crippen LogP contribution is 2.28. The molecule has 2 atom stereocenters. The maximum Gasteiger partial charge on any atom is 0.408 e. The number of fused-ring (bicyclic) bond motifs is 2. The van der Waals surface area contributed by atoms with Gasteiger partial charge in [0, 0.05) is 26.6 Å². The SMILES string of the molecule is Cc1noc([C@@H](Cc2ccc3ccccc3c2)N(C)C(=O)C(CCc2ccc3ccccc3c2)N(C)C(=O)/C=C/C(C)(C)NC(=O)OC(C)(C)C)n1. The maximum atomic E-state index is 14.7. The van der Waals surface area contributed by atoms with Crippen molar-refractivity contribution < 1.29 is 23.6 Å².